The van der Waals surface area contributed by atoms with Crippen LogP contribution < -0.4 is 0 Å². The standard InChI is InChI=1S/C17H19FN2O/c1-13(20-8-10-21-11-9-20)14-2-4-15(5-3-14)16-6-7-19-12-17(16)18/h2-7,12-13H,8-11H2,1H3. The number of rotatable bonds is 3. The third-order valence-corrected chi connectivity index (χ3v) is 4.07. The topological polar surface area (TPSA) is 25.4 Å². The van der Waals surface area contributed by atoms with Gasteiger partial charge in [0.05, 0.1) is 19.4 Å². The Kier molecular flexibility index (Phi) is 4.27. The van der Waals surface area contributed by atoms with E-state index in [1.807, 2.05) is 12.1 Å². The van der Waals surface area contributed by atoms with E-state index in [0.717, 1.165) is 31.9 Å². The van der Waals surface area contributed by atoms with Crippen molar-refractivity contribution < 1.29 is 9.13 Å². The molecule has 110 valence electrons. The minimum Gasteiger partial charge on any atom is -0.379 e. The molecule has 0 spiro atoms. The summed E-state index contributed by atoms with van der Waals surface area (Å²) >= 11 is 0. The number of pyridine rings is 1. The predicted octanol–water partition coefficient (Wildman–Crippen LogP) is 3.28. The number of hydrogen-bond donors (Lipinski definition) is 0. The number of aromatic nitrogens is 1. The lowest BCUT2D eigenvalue weighted by Gasteiger charge is -2.32. The molecule has 3 rings (SSSR count). The lowest BCUT2D eigenvalue weighted by atomic mass is 10.0. The number of nitrogens with zero attached hydrogens (tertiary/aromatic N) is 2. The molecule has 1 aliphatic heterocycles. The molecule has 0 bridgehead atoms. The summed E-state index contributed by atoms with van der Waals surface area (Å²) in [6.45, 7) is 5.71. The van der Waals surface area contributed by atoms with E-state index in [2.05, 4.69) is 28.9 Å². The van der Waals surface area contributed by atoms with Crippen LogP contribution in [0.2, 0.25) is 0 Å². The zero-order valence-corrected chi connectivity index (χ0v) is 12.1. The first-order valence-corrected chi connectivity index (χ1v) is 7.27. The second-order valence-corrected chi connectivity index (χ2v) is 5.30. The molecule has 3 nitrogen and oxygen atoms in total. The lowest BCUT2D eigenvalue weighted by molar-refractivity contribution is 0.0198. The van der Waals surface area contributed by atoms with Crippen LogP contribution in [0.3, 0.4) is 0 Å². The summed E-state index contributed by atoms with van der Waals surface area (Å²) in [4.78, 5) is 6.19. The number of halogens is 1. The first kappa shape index (κ1) is 14.2. The SMILES string of the molecule is CC(c1ccc(-c2ccncc2F)cc1)N1CCOCC1. The third-order valence-electron chi connectivity index (χ3n) is 4.07. The number of hydrogen-bond acceptors (Lipinski definition) is 3. The maximum Gasteiger partial charge on any atom is 0.149 e. The van der Waals surface area contributed by atoms with Crippen LogP contribution in [-0.4, -0.2) is 36.2 Å². The zero-order chi connectivity index (χ0) is 14.7. The zero-order valence-electron chi connectivity index (χ0n) is 12.1. The van der Waals surface area contributed by atoms with Gasteiger partial charge in [0.25, 0.3) is 0 Å². The van der Waals surface area contributed by atoms with Gasteiger partial charge in [-0.15, -0.1) is 0 Å². The molecule has 4 heteroatoms. The predicted molar refractivity (Wildman–Crippen MR) is 80.4 cm³/mol. The lowest BCUT2D eigenvalue weighted by Crippen LogP contribution is -2.37. The Morgan fingerprint density at radius 3 is 2.52 bits per heavy atom. The van der Waals surface area contributed by atoms with Crippen LogP contribution in [0.15, 0.2) is 42.7 Å². The fourth-order valence-corrected chi connectivity index (χ4v) is 2.73. The van der Waals surface area contributed by atoms with Gasteiger partial charge in [-0.25, -0.2) is 4.39 Å². The second kappa shape index (κ2) is 6.33. The van der Waals surface area contributed by atoms with Gasteiger partial charge in [-0.1, -0.05) is 24.3 Å². The van der Waals surface area contributed by atoms with Crippen molar-refractivity contribution in [1.82, 2.24) is 9.88 Å². The Labute approximate surface area is 124 Å². The summed E-state index contributed by atoms with van der Waals surface area (Å²) in [5.41, 5.74) is 2.72. The normalized spacial score (nSPS) is 17.6. The first-order chi connectivity index (χ1) is 10.3. The molecular formula is C17H19FN2O. The molecule has 2 aromatic rings. The molecule has 0 N–H and O–H groups in total. The molecular weight excluding hydrogens is 267 g/mol. The van der Waals surface area contributed by atoms with Gasteiger partial charge in [0.1, 0.15) is 5.82 Å². The van der Waals surface area contributed by atoms with Crippen molar-refractivity contribution in [3.63, 3.8) is 0 Å². The summed E-state index contributed by atoms with van der Waals surface area (Å²) in [6.07, 6.45) is 2.86. The van der Waals surface area contributed by atoms with Gasteiger partial charge in [-0.3, -0.25) is 9.88 Å². The third kappa shape index (κ3) is 3.12. The molecule has 1 aromatic carbocycles. The highest BCUT2D eigenvalue weighted by atomic mass is 19.1. The van der Waals surface area contributed by atoms with Crippen molar-refractivity contribution in [1.29, 1.82) is 0 Å². The molecule has 0 radical (unpaired) electrons. The van der Waals surface area contributed by atoms with E-state index < -0.39 is 0 Å². The molecule has 1 aliphatic rings. The number of ether oxygens (including phenoxy) is 1. The Morgan fingerprint density at radius 2 is 1.86 bits per heavy atom. The molecule has 21 heavy (non-hydrogen) atoms. The van der Waals surface area contributed by atoms with E-state index >= 15 is 0 Å². The minimum absolute atomic E-state index is 0.286. The average Bonchev–Trinajstić information content (AvgIpc) is 2.56. The summed E-state index contributed by atoms with van der Waals surface area (Å²) in [7, 11) is 0. The van der Waals surface area contributed by atoms with Crippen LogP contribution in [0.5, 0.6) is 0 Å². The molecule has 1 unspecified atom stereocenters. The van der Waals surface area contributed by atoms with E-state index in [4.69, 9.17) is 4.74 Å². The molecule has 1 atom stereocenters. The van der Waals surface area contributed by atoms with E-state index in [9.17, 15) is 4.39 Å². The van der Waals surface area contributed by atoms with E-state index in [1.54, 1.807) is 12.3 Å². The second-order valence-electron chi connectivity index (χ2n) is 5.30. The molecule has 1 aromatic heterocycles. The van der Waals surface area contributed by atoms with Gasteiger partial charge in [0.15, 0.2) is 0 Å². The van der Waals surface area contributed by atoms with Crippen LogP contribution >= 0.6 is 0 Å². The van der Waals surface area contributed by atoms with Crippen molar-refractivity contribution in [2.45, 2.75) is 13.0 Å². The van der Waals surface area contributed by atoms with Gasteiger partial charge in [0, 0.05) is 30.9 Å². The Morgan fingerprint density at radius 1 is 1.14 bits per heavy atom. The smallest absolute Gasteiger partial charge is 0.149 e. The van der Waals surface area contributed by atoms with Crippen LogP contribution in [0.4, 0.5) is 4.39 Å². The van der Waals surface area contributed by atoms with E-state index in [0.29, 0.717) is 11.6 Å². The number of morpholine rings is 1. The van der Waals surface area contributed by atoms with Gasteiger partial charge in [-0.05, 0) is 24.1 Å². The first-order valence-electron chi connectivity index (χ1n) is 7.27. The summed E-state index contributed by atoms with van der Waals surface area (Å²) in [6, 6.07) is 10.2. The highest BCUT2D eigenvalue weighted by Crippen LogP contribution is 2.26. The molecule has 1 fully saturated rings. The van der Waals surface area contributed by atoms with Gasteiger partial charge < -0.3 is 4.74 Å². The van der Waals surface area contributed by atoms with Gasteiger partial charge in [0.2, 0.25) is 0 Å². The van der Waals surface area contributed by atoms with Crippen molar-refractivity contribution >= 4 is 0 Å². The van der Waals surface area contributed by atoms with E-state index in [-0.39, 0.29) is 5.82 Å². The van der Waals surface area contributed by atoms with Crippen LogP contribution in [0, 0.1) is 5.82 Å². The highest BCUT2D eigenvalue weighted by Gasteiger charge is 2.18. The maximum atomic E-state index is 13.7. The summed E-state index contributed by atoms with van der Waals surface area (Å²) in [5, 5.41) is 0. The van der Waals surface area contributed by atoms with Crippen LogP contribution in [0.25, 0.3) is 11.1 Å². The Balaban J connectivity index is 1.79. The quantitative estimate of drug-likeness (QED) is 0.866. The fourth-order valence-electron chi connectivity index (χ4n) is 2.73. The fraction of sp³-hybridized carbons (Fsp3) is 0.353. The van der Waals surface area contributed by atoms with Gasteiger partial charge >= 0.3 is 0 Å². The molecule has 0 saturated carbocycles. The Bertz CT molecular complexity index is 594. The number of benzene rings is 1. The largest absolute Gasteiger partial charge is 0.379 e. The van der Waals surface area contributed by atoms with Crippen LogP contribution in [-0.2, 0) is 4.74 Å². The van der Waals surface area contributed by atoms with Crippen molar-refractivity contribution in [3.05, 3.63) is 54.1 Å². The van der Waals surface area contributed by atoms with Crippen LogP contribution in [0.1, 0.15) is 18.5 Å². The van der Waals surface area contributed by atoms with Crippen molar-refractivity contribution in [2.24, 2.45) is 0 Å². The molecule has 2 heterocycles. The summed E-state index contributed by atoms with van der Waals surface area (Å²) in [5.74, 6) is -0.286. The van der Waals surface area contributed by atoms with E-state index in [1.165, 1.54) is 11.8 Å². The van der Waals surface area contributed by atoms with Gasteiger partial charge in [-0.2, -0.15) is 0 Å². The highest BCUT2D eigenvalue weighted by molar-refractivity contribution is 5.63. The summed E-state index contributed by atoms with van der Waals surface area (Å²) < 4.78 is 19.1. The van der Waals surface area contributed by atoms with Crippen molar-refractivity contribution in [2.75, 3.05) is 26.3 Å². The minimum atomic E-state index is -0.286. The molecule has 0 amide bonds. The monoisotopic (exact) mass is 286 g/mol. The average molecular weight is 286 g/mol. The molecule has 1 saturated heterocycles. The maximum absolute atomic E-state index is 13.7. The Hall–Kier alpha value is -1.78. The van der Waals surface area contributed by atoms with Crippen molar-refractivity contribution in [3.8, 4) is 11.1 Å². The molecule has 0 aliphatic carbocycles.